The van der Waals surface area contributed by atoms with Gasteiger partial charge in [0.1, 0.15) is 4.90 Å². The lowest BCUT2D eigenvalue weighted by molar-refractivity contribution is 0.200. The van der Waals surface area contributed by atoms with Crippen molar-refractivity contribution in [1.29, 1.82) is 0 Å². The predicted octanol–water partition coefficient (Wildman–Crippen LogP) is 1.09. The third kappa shape index (κ3) is 4.20. The van der Waals surface area contributed by atoms with Crippen LogP contribution in [0.4, 0.5) is 4.79 Å². The SMILES string of the molecule is Cn1cc(S(=O)(=O)N2CCCN(C(=O)NCc3cccs3)CC2)cn1. The maximum absolute atomic E-state index is 12.7. The van der Waals surface area contributed by atoms with Crippen molar-refractivity contribution in [3.63, 3.8) is 0 Å². The molecule has 10 heteroatoms. The lowest BCUT2D eigenvalue weighted by Gasteiger charge is -2.21. The van der Waals surface area contributed by atoms with E-state index in [2.05, 4.69) is 10.4 Å². The fourth-order valence-corrected chi connectivity index (χ4v) is 4.81. The number of nitrogens with zero attached hydrogens (tertiary/aromatic N) is 4. The third-order valence-electron chi connectivity index (χ3n) is 4.05. The highest BCUT2D eigenvalue weighted by Crippen LogP contribution is 2.17. The monoisotopic (exact) mass is 383 g/mol. The van der Waals surface area contributed by atoms with Crippen molar-refractivity contribution < 1.29 is 13.2 Å². The highest BCUT2D eigenvalue weighted by molar-refractivity contribution is 7.89. The smallest absolute Gasteiger partial charge is 0.317 e. The van der Waals surface area contributed by atoms with Crippen LogP contribution in [0.5, 0.6) is 0 Å². The van der Waals surface area contributed by atoms with Crippen molar-refractivity contribution in [2.24, 2.45) is 7.05 Å². The molecule has 0 atom stereocenters. The molecule has 1 saturated heterocycles. The average molecular weight is 383 g/mol. The number of nitrogens with one attached hydrogen (secondary N) is 1. The molecule has 1 aliphatic heterocycles. The van der Waals surface area contributed by atoms with E-state index in [9.17, 15) is 13.2 Å². The molecule has 0 aliphatic carbocycles. The van der Waals surface area contributed by atoms with Gasteiger partial charge in [-0.3, -0.25) is 4.68 Å². The second-order valence-corrected chi connectivity index (χ2v) is 8.80. The molecule has 2 amide bonds. The van der Waals surface area contributed by atoms with E-state index in [-0.39, 0.29) is 17.5 Å². The van der Waals surface area contributed by atoms with Crippen LogP contribution in [-0.4, -0.2) is 59.6 Å². The molecule has 2 aromatic heterocycles. The molecule has 136 valence electrons. The molecule has 8 nitrogen and oxygen atoms in total. The Kier molecular flexibility index (Phi) is 5.40. The van der Waals surface area contributed by atoms with Gasteiger partial charge in [-0.05, 0) is 17.9 Å². The number of urea groups is 1. The fourth-order valence-electron chi connectivity index (χ4n) is 2.71. The van der Waals surface area contributed by atoms with Gasteiger partial charge in [-0.2, -0.15) is 9.40 Å². The van der Waals surface area contributed by atoms with Crippen molar-refractivity contribution in [1.82, 2.24) is 24.3 Å². The summed E-state index contributed by atoms with van der Waals surface area (Å²) < 4.78 is 28.2. The molecule has 0 saturated carbocycles. The molecule has 2 aromatic rings. The summed E-state index contributed by atoms with van der Waals surface area (Å²) in [5.74, 6) is 0. The minimum absolute atomic E-state index is 0.158. The van der Waals surface area contributed by atoms with Crippen LogP contribution < -0.4 is 5.32 Å². The molecule has 1 N–H and O–H groups in total. The standard InChI is InChI=1S/C15H21N5O3S2/c1-18-12-14(11-17-18)25(22,23)20-6-3-5-19(7-8-20)15(21)16-10-13-4-2-9-24-13/h2,4,9,11-12H,3,5-8,10H2,1H3,(H,16,21). The summed E-state index contributed by atoms with van der Waals surface area (Å²) in [7, 11) is -1.89. The molecule has 3 heterocycles. The van der Waals surface area contributed by atoms with Crippen molar-refractivity contribution in [2.75, 3.05) is 26.2 Å². The Morgan fingerprint density at radius 2 is 2.16 bits per heavy atom. The van der Waals surface area contributed by atoms with Gasteiger partial charge in [0.2, 0.25) is 10.0 Å². The Balaban J connectivity index is 1.59. The van der Waals surface area contributed by atoms with Crippen LogP contribution in [-0.2, 0) is 23.6 Å². The first-order valence-corrected chi connectivity index (χ1v) is 10.3. The van der Waals surface area contributed by atoms with E-state index < -0.39 is 10.0 Å². The van der Waals surface area contributed by atoms with Crippen LogP contribution in [0, 0.1) is 0 Å². The van der Waals surface area contributed by atoms with Gasteiger partial charge in [-0.15, -0.1) is 11.3 Å². The van der Waals surface area contributed by atoms with Crippen molar-refractivity contribution in [3.8, 4) is 0 Å². The highest BCUT2D eigenvalue weighted by atomic mass is 32.2. The molecule has 3 rings (SSSR count). The average Bonchev–Trinajstić information content (AvgIpc) is 3.19. The fraction of sp³-hybridized carbons (Fsp3) is 0.467. The summed E-state index contributed by atoms with van der Waals surface area (Å²) in [5.41, 5.74) is 0. The lowest BCUT2D eigenvalue weighted by atomic mass is 10.4. The van der Waals surface area contributed by atoms with E-state index in [0.717, 1.165) is 4.88 Å². The number of carbonyl (C=O) groups excluding carboxylic acids is 1. The van der Waals surface area contributed by atoms with Crippen molar-refractivity contribution >= 4 is 27.4 Å². The van der Waals surface area contributed by atoms with Crippen molar-refractivity contribution in [3.05, 3.63) is 34.8 Å². The van der Waals surface area contributed by atoms with Crippen molar-refractivity contribution in [2.45, 2.75) is 17.9 Å². The van der Waals surface area contributed by atoms with Crippen LogP contribution >= 0.6 is 11.3 Å². The maximum Gasteiger partial charge on any atom is 0.317 e. The molecule has 25 heavy (non-hydrogen) atoms. The molecule has 0 aromatic carbocycles. The first kappa shape index (κ1) is 17.9. The topological polar surface area (TPSA) is 87.5 Å². The van der Waals surface area contributed by atoms with E-state index in [1.807, 2.05) is 17.5 Å². The molecule has 1 fully saturated rings. The molecular formula is C15H21N5O3S2. The van der Waals surface area contributed by atoms with E-state index in [1.54, 1.807) is 23.3 Å². The van der Waals surface area contributed by atoms with Crippen LogP contribution in [0.3, 0.4) is 0 Å². The summed E-state index contributed by atoms with van der Waals surface area (Å²) in [6.07, 6.45) is 3.45. The molecule has 1 aliphatic rings. The Hall–Kier alpha value is -1.91. The van der Waals surface area contributed by atoms with E-state index in [0.29, 0.717) is 32.6 Å². The summed E-state index contributed by atoms with van der Waals surface area (Å²) >= 11 is 1.59. The molecule has 0 radical (unpaired) electrons. The largest absolute Gasteiger partial charge is 0.333 e. The molecule has 0 spiro atoms. The van der Waals surface area contributed by atoms with Gasteiger partial charge in [0, 0.05) is 44.3 Å². The normalized spacial score (nSPS) is 16.6. The maximum atomic E-state index is 12.7. The first-order chi connectivity index (χ1) is 12.0. The lowest BCUT2D eigenvalue weighted by Crippen LogP contribution is -2.42. The van der Waals surface area contributed by atoms with E-state index in [1.165, 1.54) is 21.4 Å². The summed E-state index contributed by atoms with van der Waals surface area (Å²) in [6, 6.07) is 3.75. The molecule has 0 bridgehead atoms. The van der Waals surface area contributed by atoms with Gasteiger partial charge in [0.25, 0.3) is 0 Å². The Bertz CT molecular complexity index is 816. The van der Waals surface area contributed by atoms with Gasteiger partial charge in [0.05, 0.1) is 12.7 Å². The second kappa shape index (κ2) is 7.54. The zero-order valence-corrected chi connectivity index (χ0v) is 15.6. The molecule has 0 unspecified atom stereocenters. The number of aromatic nitrogens is 2. The quantitative estimate of drug-likeness (QED) is 0.856. The number of rotatable bonds is 4. The Morgan fingerprint density at radius 3 is 2.84 bits per heavy atom. The third-order valence-corrected chi connectivity index (χ3v) is 6.78. The van der Waals surface area contributed by atoms with E-state index >= 15 is 0 Å². The zero-order valence-electron chi connectivity index (χ0n) is 14.0. The number of aryl methyl sites for hydroxylation is 1. The number of carbonyl (C=O) groups is 1. The van der Waals surface area contributed by atoms with Gasteiger partial charge in [-0.25, -0.2) is 13.2 Å². The minimum atomic E-state index is -3.57. The zero-order chi connectivity index (χ0) is 17.9. The summed E-state index contributed by atoms with van der Waals surface area (Å²) in [6.45, 7) is 2.07. The van der Waals surface area contributed by atoms with Crippen LogP contribution in [0.15, 0.2) is 34.8 Å². The summed E-state index contributed by atoms with van der Waals surface area (Å²) in [4.78, 5) is 15.3. The number of hydrogen-bond donors (Lipinski definition) is 1. The number of hydrogen-bond acceptors (Lipinski definition) is 5. The minimum Gasteiger partial charge on any atom is -0.333 e. The highest BCUT2D eigenvalue weighted by Gasteiger charge is 2.29. The van der Waals surface area contributed by atoms with Gasteiger partial charge in [-0.1, -0.05) is 6.07 Å². The Morgan fingerprint density at radius 1 is 1.32 bits per heavy atom. The van der Waals surface area contributed by atoms with Crippen LogP contribution in [0.1, 0.15) is 11.3 Å². The predicted molar refractivity (Wildman–Crippen MR) is 94.7 cm³/mol. The summed E-state index contributed by atoms with van der Waals surface area (Å²) in [5, 5.41) is 8.78. The number of amides is 2. The van der Waals surface area contributed by atoms with Gasteiger partial charge in [0.15, 0.2) is 0 Å². The number of sulfonamides is 1. The first-order valence-electron chi connectivity index (χ1n) is 8.01. The molecular weight excluding hydrogens is 362 g/mol. The Labute approximate surface area is 151 Å². The van der Waals surface area contributed by atoms with Crippen LogP contribution in [0.25, 0.3) is 0 Å². The van der Waals surface area contributed by atoms with Gasteiger partial charge < -0.3 is 10.2 Å². The van der Waals surface area contributed by atoms with Crippen LogP contribution in [0.2, 0.25) is 0 Å². The van der Waals surface area contributed by atoms with E-state index in [4.69, 9.17) is 0 Å². The van der Waals surface area contributed by atoms with Gasteiger partial charge >= 0.3 is 6.03 Å². The second-order valence-electron chi connectivity index (χ2n) is 5.83. The number of thiophene rings is 1.